The maximum atomic E-state index is 12.6. The van der Waals surface area contributed by atoms with Crippen LogP contribution < -0.4 is 0 Å². The molecule has 0 spiro atoms. The van der Waals surface area contributed by atoms with Crippen molar-refractivity contribution >= 4 is 10.0 Å². The molecule has 3 rings (SSSR count). The first kappa shape index (κ1) is 15.0. The first-order valence-corrected chi connectivity index (χ1v) is 9.72. The van der Waals surface area contributed by atoms with Crippen molar-refractivity contribution in [2.45, 2.75) is 62.2 Å². The minimum absolute atomic E-state index is 0.462. The molecule has 2 aliphatic rings. The zero-order valence-electron chi connectivity index (χ0n) is 12.6. The van der Waals surface area contributed by atoms with Crippen LogP contribution in [-0.2, 0) is 10.0 Å². The van der Waals surface area contributed by atoms with E-state index in [0.29, 0.717) is 23.9 Å². The molecule has 116 valence electrons. The molecule has 21 heavy (non-hydrogen) atoms. The average molecular weight is 307 g/mol. The lowest BCUT2D eigenvalue weighted by Gasteiger charge is -2.26. The first-order chi connectivity index (χ1) is 10.2. The highest BCUT2D eigenvalue weighted by Gasteiger charge is 2.26. The van der Waals surface area contributed by atoms with Crippen LogP contribution in [0.1, 0.15) is 62.8 Å². The van der Waals surface area contributed by atoms with Crippen molar-refractivity contribution in [3.8, 4) is 0 Å². The van der Waals surface area contributed by atoms with Crippen LogP contribution in [0.4, 0.5) is 0 Å². The molecule has 3 nitrogen and oxygen atoms in total. The molecule has 1 aromatic rings. The van der Waals surface area contributed by atoms with Crippen LogP contribution in [0, 0.1) is 0 Å². The SMILES string of the molecule is O=S(=O)(c1ccc(C2CCCCC2)cc1)N1CCCCC1. The lowest BCUT2D eigenvalue weighted by Crippen LogP contribution is -2.35. The summed E-state index contributed by atoms with van der Waals surface area (Å²) in [5, 5.41) is 0. The fourth-order valence-corrected chi connectivity index (χ4v) is 5.12. The lowest BCUT2D eigenvalue weighted by atomic mass is 9.84. The van der Waals surface area contributed by atoms with E-state index in [9.17, 15) is 8.42 Å². The summed E-state index contributed by atoms with van der Waals surface area (Å²) in [7, 11) is -3.28. The summed E-state index contributed by atoms with van der Waals surface area (Å²) >= 11 is 0. The molecular formula is C17H25NO2S. The summed E-state index contributed by atoms with van der Waals surface area (Å²) in [5.74, 6) is 0.630. The van der Waals surface area contributed by atoms with Crippen LogP contribution in [0.25, 0.3) is 0 Å². The molecule has 0 unspecified atom stereocenters. The molecule has 0 atom stereocenters. The average Bonchev–Trinajstić information content (AvgIpc) is 2.57. The minimum Gasteiger partial charge on any atom is -0.207 e. The van der Waals surface area contributed by atoms with Crippen molar-refractivity contribution in [3.05, 3.63) is 29.8 Å². The summed E-state index contributed by atoms with van der Waals surface area (Å²) < 4.78 is 26.8. The van der Waals surface area contributed by atoms with E-state index in [0.717, 1.165) is 19.3 Å². The van der Waals surface area contributed by atoms with Gasteiger partial charge >= 0.3 is 0 Å². The number of nitrogens with zero attached hydrogens (tertiary/aromatic N) is 1. The maximum absolute atomic E-state index is 12.6. The van der Waals surface area contributed by atoms with E-state index in [4.69, 9.17) is 0 Å². The molecule has 0 bridgehead atoms. The Labute approximate surface area is 128 Å². The Bertz CT molecular complexity index is 553. The zero-order chi connectivity index (χ0) is 14.7. The Kier molecular flexibility index (Phi) is 4.65. The number of rotatable bonds is 3. The van der Waals surface area contributed by atoms with Gasteiger partial charge < -0.3 is 0 Å². The maximum Gasteiger partial charge on any atom is 0.243 e. The van der Waals surface area contributed by atoms with E-state index < -0.39 is 10.0 Å². The second-order valence-corrected chi connectivity index (χ2v) is 8.31. The third-order valence-electron chi connectivity index (χ3n) is 4.91. The smallest absolute Gasteiger partial charge is 0.207 e. The molecule has 2 fully saturated rings. The molecule has 0 N–H and O–H groups in total. The predicted octanol–water partition coefficient (Wildman–Crippen LogP) is 3.91. The summed E-state index contributed by atoms with van der Waals surface area (Å²) in [6.07, 6.45) is 9.57. The van der Waals surface area contributed by atoms with Crippen molar-refractivity contribution in [1.82, 2.24) is 4.31 Å². The monoisotopic (exact) mass is 307 g/mol. The largest absolute Gasteiger partial charge is 0.243 e. The van der Waals surface area contributed by atoms with Crippen LogP contribution in [0.5, 0.6) is 0 Å². The fraction of sp³-hybridized carbons (Fsp3) is 0.647. The molecule has 1 saturated carbocycles. The van der Waals surface area contributed by atoms with Gasteiger partial charge in [-0.2, -0.15) is 4.31 Å². The van der Waals surface area contributed by atoms with Gasteiger partial charge in [-0.1, -0.05) is 37.8 Å². The topological polar surface area (TPSA) is 37.4 Å². The van der Waals surface area contributed by atoms with Crippen LogP contribution in [0.15, 0.2) is 29.2 Å². The highest BCUT2D eigenvalue weighted by Crippen LogP contribution is 2.33. The van der Waals surface area contributed by atoms with Crippen LogP contribution in [0.3, 0.4) is 0 Å². The number of hydrogen-bond acceptors (Lipinski definition) is 2. The molecule has 0 radical (unpaired) electrons. The fourth-order valence-electron chi connectivity index (χ4n) is 3.60. The Morgan fingerprint density at radius 3 is 2.00 bits per heavy atom. The number of piperidine rings is 1. The summed E-state index contributed by atoms with van der Waals surface area (Å²) in [5.41, 5.74) is 1.31. The van der Waals surface area contributed by atoms with Gasteiger partial charge in [-0.05, 0) is 49.3 Å². The second kappa shape index (κ2) is 6.49. The standard InChI is InChI=1S/C17H25NO2S/c19-21(20,18-13-5-2-6-14-18)17-11-9-16(10-12-17)15-7-3-1-4-8-15/h9-12,15H,1-8,13-14H2. The summed E-state index contributed by atoms with van der Waals surface area (Å²) in [6, 6.07) is 7.70. The molecule has 4 heteroatoms. The van der Waals surface area contributed by atoms with Crippen LogP contribution in [0.2, 0.25) is 0 Å². The second-order valence-electron chi connectivity index (χ2n) is 6.37. The Balaban J connectivity index is 1.76. The van der Waals surface area contributed by atoms with Gasteiger partial charge in [-0.25, -0.2) is 8.42 Å². The minimum atomic E-state index is -3.28. The highest BCUT2D eigenvalue weighted by atomic mass is 32.2. The molecule has 1 heterocycles. The normalized spacial score (nSPS) is 22.3. The quantitative estimate of drug-likeness (QED) is 0.849. The molecule has 0 amide bonds. The van der Waals surface area contributed by atoms with E-state index in [1.807, 2.05) is 24.3 Å². The Morgan fingerprint density at radius 2 is 1.38 bits per heavy atom. The highest BCUT2D eigenvalue weighted by molar-refractivity contribution is 7.89. The molecule has 1 aliphatic carbocycles. The van der Waals surface area contributed by atoms with Crippen molar-refractivity contribution in [3.63, 3.8) is 0 Å². The molecule has 1 aliphatic heterocycles. The van der Waals surface area contributed by atoms with Gasteiger partial charge in [0.1, 0.15) is 0 Å². The lowest BCUT2D eigenvalue weighted by molar-refractivity contribution is 0.346. The van der Waals surface area contributed by atoms with Gasteiger partial charge in [0.05, 0.1) is 4.90 Å². The molecular weight excluding hydrogens is 282 g/mol. The molecule has 1 aromatic carbocycles. The molecule has 1 saturated heterocycles. The van der Waals surface area contributed by atoms with Crippen molar-refractivity contribution in [1.29, 1.82) is 0 Å². The van der Waals surface area contributed by atoms with Crippen molar-refractivity contribution < 1.29 is 8.42 Å². The Morgan fingerprint density at radius 1 is 0.810 bits per heavy atom. The zero-order valence-corrected chi connectivity index (χ0v) is 13.4. The predicted molar refractivity (Wildman–Crippen MR) is 84.9 cm³/mol. The van der Waals surface area contributed by atoms with E-state index in [2.05, 4.69) is 0 Å². The number of sulfonamides is 1. The van der Waals surface area contributed by atoms with Gasteiger partial charge in [0, 0.05) is 13.1 Å². The summed E-state index contributed by atoms with van der Waals surface area (Å²) in [4.78, 5) is 0.462. The molecule has 0 aromatic heterocycles. The van der Waals surface area contributed by atoms with Gasteiger partial charge in [0.2, 0.25) is 10.0 Å². The number of benzene rings is 1. The van der Waals surface area contributed by atoms with Crippen LogP contribution >= 0.6 is 0 Å². The van der Waals surface area contributed by atoms with E-state index in [1.54, 1.807) is 4.31 Å². The van der Waals surface area contributed by atoms with E-state index in [-0.39, 0.29) is 0 Å². The van der Waals surface area contributed by atoms with Crippen molar-refractivity contribution in [2.75, 3.05) is 13.1 Å². The Hall–Kier alpha value is -0.870. The third-order valence-corrected chi connectivity index (χ3v) is 6.82. The summed E-state index contributed by atoms with van der Waals surface area (Å²) in [6.45, 7) is 1.35. The van der Waals surface area contributed by atoms with E-state index in [1.165, 1.54) is 37.7 Å². The van der Waals surface area contributed by atoms with Crippen molar-refractivity contribution in [2.24, 2.45) is 0 Å². The van der Waals surface area contributed by atoms with Gasteiger partial charge in [-0.3, -0.25) is 0 Å². The van der Waals surface area contributed by atoms with Gasteiger partial charge in [0.15, 0.2) is 0 Å². The van der Waals surface area contributed by atoms with Gasteiger partial charge in [-0.15, -0.1) is 0 Å². The third kappa shape index (κ3) is 3.32. The van der Waals surface area contributed by atoms with E-state index >= 15 is 0 Å². The number of hydrogen-bond donors (Lipinski definition) is 0. The van der Waals surface area contributed by atoms with Gasteiger partial charge in [0.25, 0.3) is 0 Å². The van der Waals surface area contributed by atoms with Crippen LogP contribution in [-0.4, -0.2) is 25.8 Å². The first-order valence-electron chi connectivity index (χ1n) is 8.28.